The number of nitrogens with zero attached hydrogens (tertiary/aromatic N) is 3. The van der Waals surface area contributed by atoms with Crippen molar-refractivity contribution in [2.24, 2.45) is 10.5 Å². The van der Waals surface area contributed by atoms with Gasteiger partial charge in [0.2, 0.25) is 0 Å². The molecule has 0 aliphatic heterocycles. The summed E-state index contributed by atoms with van der Waals surface area (Å²) in [5.74, 6) is 0. The summed E-state index contributed by atoms with van der Waals surface area (Å²) in [6.07, 6.45) is 9.20. The Bertz CT molecular complexity index is 188. The smallest absolute Gasteiger partial charge is 0.0257 e. The van der Waals surface area contributed by atoms with Crippen molar-refractivity contribution in [2.75, 3.05) is 6.54 Å². The Kier molecular flexibility index (Phi) is 4.10. The molecule has 1 aliphatic rings. The summed E-state index contributed by atoms with van der Waals surface area (Å²) < 4.78 is 0. The molecule has 0 N–H and O–H groups in total. The van der Waals surface area contributed by atoms with Gasteiger partial charge in [-0.2, -0.15) is 0 Å². The fourth-order valence-corrected chi connectivity index (χ4v) is 2.26. The first kappa shape index (κ1) is 10.4. The molecule has 0 atom stereocenters. The summed E-state index contributed by atoms with van der Waals surface area (Å²) in [7, 11) is 0. The fraction of sp³-hybridized carbons (Fsp3) is 1.00. The number of hydrogen-bond donors (Lipinski definition) is 0. The average molecular weight is 181 g/mol. The average Bonchev–Trinajstić information content (AvgIpc) is 2.53. The molecule has 1 rings (SSSR count). The Morgan fingerprint density at radius 3 is 2.62 bits per heavy atom. The zero-order valence-electron chi connectivity index (χ0n) is 8.50. The molecule has 0 saturated heterocycles. The molecule has 3 nitrogen and oxygen atoms in total. The molecule has 0 heterocycles. The predicted molar refractivity (Wildman–Crippen MR) is 54.4 cm³/mol. The van der Waals surface area contributed by atoms with E-state index in [9.17, 15) is 0 Å². The van der Waals surface area contributed by atoms with E-state index in [2.05, 4.69) is 16.9 Å². The highest BCUT2D eigenvalue weighted by Gasteiger charge is 2.27. The molecular weight excluding hydrogens is 162 g/mol. The summed E-state index contributed by atoms with van der Waals surface area (Å²) in [6.45, 7) is 3.07. The minimum atomic E-state index is 0.607. The highest BCUT2D eigenvalue weighted by atomic mass is 15.1. The van der Waals surface area contributed by atoms with Crippen LogP contribution in [-0.4, -0.2) is 6.54 Å². The first-order valence-corrected chi connectivity index (χ1v) is 5.28. The minimum absolute atomic E-state index is 0.607. The van der Waals surface area contributed by atoms with E-state index in [0.717, 1.165) is 6.42 Å². The number of unbranched alkanes of at least 4 members (excludes halogenated alkanes) is 1. The van der Waals surface area contributed by atoms with Crippen LogP contribution in [0, 0.1) is 5.41 Å². The maximum Gasteiger partial charge on any atom is 0.0257 e. The van der Waals surface area contributed by atoms with Gasteiger partial charge in [0.05, 0.1) is 0 Å². The van der Waals surface area contributed by atoms with Crippen molar-refractivity contribution in [2.45, 2.75) is 51.9 Å². The van der Waals surface area contributed by atoms with Gasteiger partial charge in [0.25, 0.3) is 0 Å². The fourth-order valence-electron chi connectivity index (χ4n) is 2.26. The number of hydrogen-bond acceptors (Lipinski definition) is 1. The Hall–Kier alpha value is -0.690. The predicted octanol–water partition coefficient (Wildman–Crippen LogP) is 4.05. The minimum Gasteiger partial charge on any atom is -0.0940 e. The highest BCUT2D eigenvalue weighted by Crippen LogP contribution is 2.41. The molecule has 0 amide bonds. The lowest BCUT2D eigenvalue weighted by atomic mass is 9.83. The van der Waals surface area contributed by atoms with E-state index in [1.54, 1.807) is 0 Å². The van der Waals surface area contributed by atoms with E-state index in [0.29, 0.717) is 12.0 Å². The van der Waals surface area contributed by atoms with Crippen LogP contribution in [0.1, 0.15) is 51.9 Å². The van der Waals surface area contributed by atoms with Gasteiger partial charge in [0.15, 0.2) is 0 Å². The Labute approximate surface area is 80.2 Å². The molecule has 13 heavy (non-hydrogen) atoms. The van der Waals surface area contributed by atoms with Crippen molar-refractivity contribution in [1.82, 2.24) is 0 Å². The molecule has 0 aromatic rings. The van der Waals surface area contributed by atoms with Gasteiger partial charge in [-0.25, -0.2) is 0 Å². The molecule has 0 aromatic heterocycles. The Morgan fingerprint density at radius 2 is 2.00 bits per heavy atom. The zero-order valence-corrected chi connectivity index (χ0v) is 8.50. The third-order valence-corrected chi connectivity index (χ3v) is 3.16. The van der Waals surface area contributed by atoms with Gasteiger partial charge in [0.1, 0.15) is 0 Å². The van der Waals surface area contributed by atoms with Crippen molar-refractivity contribution < 1.29 is 0 Å². The Balaban J connectivity index is 2.07. The molecule has 0 radical (unpaired) electrons. The van der Waals surface area contributed by atoms with Gasteiger partial charge in [-0.05, 0) is 36.6 Å². The third kappa shape index (κ3) is 3.69. The van der Waals surface area contributed by atoms with E-state index >= 15 is 0 Å². The maximum atomic E-state index is 8.09. The SMILES string of the molecule is CC1(CCCCN=[N+]=[N-])CCCC1. The molecule has 3 heteroatoms. The van der Waals surface area contributed by atoms with Gasteiger partial charge < -0.3 is 0 Å². The van der Waals surface area contributed by atoms with Crippen LogP contribution in [0.15, 0.2) is 5.11 Å². The van der Waals surface area contributed by atoms with Crippen LogP contribution < -0.4 is 0 Å². The molecule has 0 aromatic carbocycles. The normalized spacial score (nSPS) is 19.8. The molecule has 0 unspecified atom stereocenters. The van der Waals surface area contributed by atoms with Crippen molar-refractivity contribution in [3.05, 3.63) is 10.4 Å². The summed E-state index contributed by atoms with van der Waals surface area (Å²) in [6, 6.07) is 0. The van der Waals surface area contributed by atoms with E-state index in [1.807, 2.05) is 0 Å². The first-order chi connectivity index (χ1) is 6.27. The quantitative estimate of drug-likeness (QED) is 0.266. The maximum absolute atomic E-state index is 8.09. The summed E-state index contributed by atoms with van der Waals surface area (Å²) >= 11 is 0. The van der Waals surface area contributed by atoms with Crippen molar-refractivity contribution >= 4 is 0 Å². The van der Waals surface area contributed by atoms with Crippen molar-refractivity contribution in [1.29, 1.82) is 0 Å². The number of rotatable bonds is 5. The lowest BCUT2D eigenvalue weighted by Gasteiger charge is -2.22. The molecule has 74 valence electrons. The molecule has 1 saturated carbocycles. The van der Waals surface area contributed by atoms with Crippen LogP contribution in [-0.2, 0) is 0 Å². The summed E-state index contributed by atoms with van der Waals surface area (Å²) in [4.78, 5) is 2.75. The second-order valence-corrected chi connectivity index (χ2v) is 4.43. The van der Waals surface area contributed by atoms with Crippen molar-refractivity contribution in [3.63, 3.8) is 0 Å². The second-order valence-electron chi connectivity index (χ2n) is 4.43. The van der Waals surface area contributed by atoms with Gasteiger partial charge in [-0.3, -0.25) is 0 Å². The standard InChI is InChI=1S/C10H19N3/c1-10(6-2-3-7-10)8-4-5-9-12-13-11/h2-9H2,1H3. The first-order valence-electron chi connectivity index (χ1n) is 5.28. The lowest BCUT2D eigenvalue weighted by Crippen LogP contribution is -2.10. The Morgan fingerprint density at radius 1 is 1.31 bits per heavy atom. The monoisotopic (exact) mass is 181 g/mol. The van der Waals surface area contributed by atoms with Gasteiger partial charge in [-0.15, -0.1) is 0 Å². The molecule has 0 spiro atoms. The summed E-state index contributed by atoms with van der Waals surface area (Å²) in [5.41, 5.74) is 8.69. The van der Waals surface area contributed by atoms with Crippen LogP contribution in [0.2, 0.25) is 0 Å². The summed E-state index contributed by atoms with van der Waals surface area (Å²) in [5, 5.41) is 3.54. The van der Waals surface area contributed by atoms with Crippen LogP contribution in [0.25, 0.3) is 10.4 Å². The topological polar surface area (TPSA) is 48.8 Å². The van der Waals surface area contributed by atoms with Crippen LogP contribution in [0.3, 0.4) is 0 Å². The molecule has 0 bridgehead atoms. The van der Waals surface area contributed by atoms with Crippen molar-refractivity contribution in [3.8, 4) is 0 Å². The van der Waals surface area contributed by atoms with E-state index in [4.69, 9.17) is 5.53 Å². The van der Waals surface area contributed by atoms with Gasteiger partial charge in [0, 0.05) is 11.5 Å². The van der Waals surface area contributed by atoms with E-state index < -0.39 is 0 Å². The van der Waals surface area contributed by atoms with E-state index in [-0.39, 0.29) is 0 Å². The number of azide groups is 1. The molecule has 1 aliphatic carbocycles. The molecular formula is C10H19N3. The highest BCUT2D eigenvalue weighted by molar-refractivity contribution is 4.79. The molecule has 1 fully saturated rings. The van der Waals surface area contributed by atoms with Crippen LogP contribution >= 0.6 is 0 Å². The second kappa shape index (κ2) is 5.13. The van der Waals surface area contributed by atoms with Gasteiger partial charge >= 0.3 is 0 Å². The zero-order chi connectivity index (χ0) is 9.57. The largest absolute Gasteiger partial charge is 0.0940 e. The van der Waals surface area contributed by atoms with Crippen LogP contribution in [0.5, 0.6) is 0 Å². The van der Waals surface area contributed by atoms with Crippen LogP contribution in [0.4, 0.5) is 0 Å². The van der Waals surface area contributed by atoms with Gasteiger partial charge in [-0.1, -0.05) is 31.3 Å². The van der Waals surface area contributed by atoms with E-state index in [1.165, 1.54) is 38.5 Å². The third-order valence-electron chi connectivity index (χ3n) is 3.16. The lowest BCUT2D eigenvalue weighted by molar-refractivity contribution is 0.297.